The highest BCUT2D eigenvalue weighted by molar-refractivity contribution is 6.33. The molecule has 0 radical (unpaired) electrons. The Hall–Kier alpha value is -0.800. The van der Waals surface area contributed by atoms with E-state index in [1.165, 1.54) is 5.69 Å². The van der Waals surface area contributed by atoms with E-state index in [1.807, 2.05) is 13.0 Å². The zero-order chi connectivity index (χ0) is 15.0. The lowest BCUT2D eigenvalue weighted by molar-refractivity contribution is 0.0990. The van der Waals surface area contributed by atoms with Gasteiger partial charge in [0.1, 0.15) is 0 Å². The third kappa shape index (κ3) is 2.79. The van der Waals surface area contributed by atoms with Crippen LogP contribution in [0.3, 0.4) is 0 Å². The van der Waals surface area contributed by atoms with Crippen LogP contribution in [0.25, 0.3) is 0 Å². The summed E-state index contributed by atoms with van der Waals surface area (Å²) in [6, 6.07) is 2.49. The molecule has 1 aliphatic heterocycles. The van der Waals surface area contributed by atoms with Gasteiger partial charge >= 0.3 is 0 Å². The average Bonchev–Trinajstić information content (AvgIpc) is 2.65. The number of carbonyl (C=O) groups excluding carboxylic acids is 1. The van der Waals surface area contributed by atoms with Gasteiger partial charge in [0.15, 0.2) is 5.78 Å². The fourth-order valence-electron chi connectivity index (χ4n) is 3.48. The van der Waals surface area contributed by atoms with Crippen LogP contribution in [-0.2, 0) is 0 Å². The predicted molar refractivity (Wildman–Crippen MR) is 83.9 cm³/mol. The quantitative estimate of drug-likeness (QED) is 0.631. The van der Waals surface area contributed by atoms with Gasteiger partial charge in [0.25, 0.3) is 0 Å². The minimum atomic E-state index is -0.459. The molecular weight excluding hydrogens is 272 g/mol. The molecule has 20 heavy (non-hydrogen) atoms. The highest BCUT2D eigenvalue weighted by Gasteiger charge is 2.29. The number of carbonyl (C=O) groups is 1. The van der Waals surface area contributed by atoms with Crippen LogP contribution in [0.4, 0.5) is 0 Å². The zero-order valence-corrected chi connectivity index (χ0v) is 13.9. The smallest absolute Gasteiger partial charge is 0.182 e. The number of alkyl halides is 1. The highest BCUT2D eigenvalue weighted by atomic mass is 35.5. The van der Waals surface area contributed by atoms with Gasteiger partial charge in [0.2, 0.25) is 0 Å². The Morgan fingerprint density at radius 1 is 1.45 bits per heavy atom. The summed E-state index contributed by atoms with van der Waals surface area (Å²) >= 11 is 5.96. The van der Waals surface area contributed by atoms with Crippen LogP contribution in [0.2, 0.25) is 0 Å². The van der Waals surface area contributed by atoms with Gasteiger partial charge in [-0.25, -0.2) is 0 Å². The molecule has 2 heterocycles. The molecule has 2 rings (SSSR count). The summed E-state index contributed by atoms with van der Waals surface area (Å²) < 4.78 is 2.35. The van der Waals surface area contributed by atoms with Crippen molar-refractivity contribution >= 4 is 17.4 Å². The van der Waals surface area contributed by atoms with Gasteiger partial charge in [-0.2, -0.15) is 0 Å². The van der Waals surface area contributed by atoms with Gasteiger partial charge in [-0.3, -0.25) is 4.79 Å². The minimum absolute atomic E-state index is 0.0339. The molecule has 0 spiro atoms. The number of hydrogen-bond acceptors (Lipinski definition) is 2. The second-order valence-corrected chi connectivity index (χ2v) is 6.89. The predicted octanol–water partition coefficient (Wildman–Crippen LogP) is 3.43. The van der Waals surface area contributed by atoms with Gasteiger partial charge in [0.05, 0.1) is 5.38 Å². The van der Waals surface area contributed by atoms with E-state index in [0.717, 1.165) is 30.8 Å². The first kappa shape index (κ1) is 15.6. The summed E-state index contributed by atoms with van der Waals surface area (Å²) in [5, 5.41) is -0.459. The van der Waals surface area contributed by atoms with E-state index in [1.54, 1.807) is 6.92 Å². The van der Waals surface area contributed by atoms with Gasteiger partial charge < -0.3 is 9.47 Å². The molecule has 0 aliphatic carbocycles. The molecule has 1 fully saturated rings. The Bertz CT molecular complexity index is 507. The van der Waals surface area contributed by atoms with Crippen LogP contribution in [0.5, 0.6) is 0 Å². The van der Waals surface area contributed by atoms with Crippen LogP contribution in [0, 0.1) is 19.8 Å². The van der Waals surface area contributed by atoms with Crippen molar-refractivity contribution in [2.24, 2.45) is 5.92 Å². The van der Waals surface area contributed by atoms with Crippen molar-refractivity contribution in [3.8, 4) is 0 Å². The second-order valence-electron chi connectivity index (χ2n) is 6.23. The van der Waals surface area contributed by atoms with E-state index in [2.05, 4.69) is 30.4 Å². The van der Waals surface area contributed by atoms with Crippen LogP contribution in [0.15, 0.2) is 6.07 Å². The molecule has 4 heteroatoms. The first-order chi connectivity index (χ1) is 9.32. The molecule has 3 unspecified atom stereocenters. The first-order valence-electron chi connectivity index (χ1n) is 7.38. The number of ketones is 1. The summed E-state index contributed by atoms with van der Waals surface area (Å²) in [7, 11) is 2.17. The lowest BCUT2D eigenvalue weighted by Gasteiger charge is -2.37. The van der Waals surface area contributed by atoms with E-state index >= 15 is 0 Å². The number of likely N-dealkylation sites (tertiary alicyclic amines) is 1. The Morgan fingerprint density at radius 2 is 2.10 bits per heavy atom. The molecule has 0 saturated carbocycles. The SMILES string of the molecule is Cc1cc(C(=O)C(C)Cl)c(C)n1C1CCN(C)CC1C. The lowest BCUT2D eigenvalue weighted by atomic mass is 9.93. The summed E-state index contributed by atoms with van der Waals surface area (Å²) in [6.45, 7) is 10.4. The Labute approximate surface area is 126 Å². The fraction of sp³-hybridized carbons (Fsp3) is 0.688. The van der Waals surface area contributed by atoms with Crippen LogP contribution >= 0.6 is 11.6 Å². The number of nitrogens with zero attached hydrogens (tertiary/aromatic N) is 2. The molecule has 1 aromatic heterocycles. The van der Waals surface area contributed by atoms with Gasteiger partial charge in [-0.1, -0.05) is 6.92 Å². The maximum atomic E-state index is 12.2. The van der Waals surface area contributed by atoms with Crippen molar-refractivity contribution in [1.29, 1.82) is 0 Å². The lowest BCUT2D eigenvalue weighted by Crippen LogP contribution is -2.38. The zero-order valence-electron chi connectivity index (χ0n) is 13.1. The molecule has 0 bridgehead atoms. The molecular formula is C16H25ClN2O. The van der Waals surface area contributed by atoms with Gasteiger partial charge in [0, 0.05) is 29.5 Å². The highest BCUT2D eigenvalue weighted by Crippen LogP contribution is 2.32. The van der Waals surface area contributed by atoms with Crippen molar-refractivity contribution in [3.05, 3.63) is 23.0 Å². The summed E-state index contributed by atoms with van der Waals surface area (Å²) in [6.07, 6.45) is 1.14. The first-order valence-corrected chi connectivity index (χ1v) is 7.81. The minimum Gasteiger partial charge on any atom is -0.345 e. The maximum Gasteiger partial charge on any atom is 0.182 e. The van der Waals surface area contributed by atoms with Crippen LogP contribution < -0.4 is 0 Å². The number of piperidine rings is 1. The Balaban J connectivity index is 2.36. The van der Waals surface area contributed by atoms with Gasteiger partial charge in [-0.15, -0.1) is 11.6 Å². The number of rotatable bonds is 3. The fourth-order valence-corrected chi connectivity index (χ4v) is 3.59. The van der Waals surface area contributed by atoms with Crippen molar-refractivity contribution < 1.29 is 4.79 Å². The topological polar surface area (TPSA) is 25.2 Å². The molecule has 1 aliphatic rings. The van der Waals surface area contributed by atoms with E-state index < -0.39 is 5.38 Å². The normalized spacial score (nSPS) is 25.7. The van der Waals surface area contributed by atoms with E-state index in [-0.39, 0.29) is 5.78 Å². The maximum absolute atomic E-state index is 12.2. The van der Waals surface area contributed by atoms with Crippen molar-refractivity contribution in [2.45, 2.75) is 45.5 Å². The molecule has 0 N–H and O–H groups in total. The largest absolute Gasteiger partial charge is 0.345 e. The number of halogens is 1. The Morgan fingerprint density at radius 3 is 2.65 bits per heavy atom. The van der Waals surface area contributed by atoms with Crippen molar-refractivity contribution in [2.75, 3.05) is 20.1 Å². The number of hydrogen-bond donors (Lipinski definition) is 0. The number of aryl methyl sites for hydroxylation is 1. The van der Waals surface area contributed by atoms with Crippen LogP contribution in [0.1, 0.15) is 48.1 Å². The molecule has 3 atom stereocenters. The summed E-state index contributed by atoms with van der Waals surface area (Å²) in [5.41, 5.74) is 3.03. The third-order valence-electron chi connectivity index (χ3n) is 4.51. The number of Topliss-reactive ketones (excluding diaryl/α,β-unsaturated/α-hetero) is 1. The molecule has 0 aromatic carbocycles. The summed E-state index contributed by atoms with van der Waals surface area (Å²) in [5.74, 6) is 0.626. The molecule has 3 nitrogen and oxygen atoms in total. The summed E-state index contributed by atoms with van der Waals surface area (Å²) in [4.78, 5) is 14.6. The van der Waals surface area contributed by atoms with Crippen molar-refractivity contribution in [1.82, 2.24) is 9.47 Å². The van der Waals surface area contributed by atoms with E-state index in [4.69, 9.17) is 11.6 Å². The Kier molecular flexibility index (Phi) is 4.60. The third-order valence-corrected chi connectivity index (χ3v) is 4.70. The van der Waals surface area contributed by atoms with Crippen LogP contribution in [-0.4, -0.2) is 40.8 Å². The monoisotopic (exact) mass is 296 g/mol. The average molecular weight is 297 g/mol. The molecule has 112 valence electrons. The van der Waals surface area contributed by atoms with Gasteiger partial charge in [-0.05, 0) is 52.8 Å². The van der Waals surface area contributed by atoms with E-state index in [9.17, 15) is 4.79 Å². The standard InChI is InChI=1S/C16H25ClN2O/c1-10-9-18(5)7-6-15(10)19-11(2)8-14(13(19)4)16(20)12(3)17/h8,10,12,15H,6-7,9H2,1-5H3. The molecule has 1 saturated heterocycles. The second kappa shape index (κ2) is 5.90. The molecule has 0 amide bonds. The molecule has 1 aromatic rings. The van der Waals surface area contributed by atoms with E-state index in [0.29, 0.717) is 12.0 Å². The number of aromatic nitrogens is 1. The van der Waals surface area contributed by atoms with Crippen molar-refractivity contribution in [3.63, 3.8) is 0 Å².